The summed E-state index contributed by atoms with van der Waals surface area (Å²) >= 11 is 0. The van der Waals surface area contributed by atoms with E-state index in [-0.39, 0.29) is 18.6 Å². The maximum Gasteiger partial charge on any atom is 0.272 e. The molecule has 1 atom stereocenters. The highest BCUT2D eigenvalue weighted by atomic mass is 16.3. The molecule has 0 fully saturated rings. The summed E-state index contributed by atoms with van der Waals surface area (Å²) in [6.07, 6.45) is 2.30. The Kier molecular flexibility index (Phi) is 4.30. The number of aryl methyl sites for hydroxylation is 1. The van der Waals surface area contributed by atoms with Gasteiger partial charge in [0.05, 0.1) is 12.6 Å². The lowest BCUT2D eigenvalue weighted by atomic mass is 10.1. The van der Waals surface area contributed by atoms with E-state index < -0.39 is 0 Å². The lowest BCUT2D eigenvalue weighted by Gasteiger charge is -2.15. The molecule has 100 valence electrons. The smallest absolute Gasteiger partial charge is 0.272 e. The van der Waals surface area contributed by atoms with Crippen molar-refractivity contribution < 1.29 is 9.90 Å². The topological polar surface area (TPSA) is 67.2 Å². The van der Waals surface area contributed by atoms with E-state index >= 15 is 0 Å². The lowest BCUT2D eigenvalue weighted by molar-refractivity contribution is 0.0910. The molecule has 0 spiro atoms. The van der Waals surface area contributed by atoms with E-state index in [0.717, 1.165) is 5.56 Å². The Balaban J connectivity index is 1.97. The Labute approximate surface area is 111 Å². The van der Waals surface area contributed by atoms with Gasteiger partial charge in [-0.15, -0.1) is 0 Å². The van der Waals surface area contributed by atoms with Gasteiger partial charge in [-0.3, -0.25) is 9.48 Å². The van der Waals surface area contributed by atoms with E-state index in [0.29, 0.717) is 12.1 Å². The van der Waals surface area contributed by atoms with Crippen LogP contribution in [0.15, 0.2) is 42.6 Å². The second-order valence-electron chi connectivity index (χ2n) is 4.42. The first-order valence-electron chi connectivity index (χ1n) is 6.14. The van der Waals surface area contributed by atoms with Crippen LogP contribution in [-0.4, -0.2) is 33.4 Å². The molecule has 1 aromatic heterocycles. The van der Waals surface area contributed by atoms with E-state index in [1.54, 1.807) is 24.0 Å². The number of hydrogen-bond acceptors (Lipinski definition) is 3. The van der Waals surface area contributed by atoms with Gasteiger partial charge in [-0.25, -0.2) is 0 Å². The molecule has 1 unspecified atom stereocenters. The lowest BCUT2D eigenvalue weighted by Crippen LogP contribution is -2.39. The first-order valence-corrected chi connectivity index (χ1v) is 6.14. The zero-order valence-corrected chi connectivity index (χ0v) is 10.8. The molecule has 5 heteroatoms. The van der Waals surface area contributed by atoms with Crippen molar-refractivity contribution in [1.82, 2.24) is 15.1 Å². The zero-order valence-electron chi connectivity index (χ0n) is 10.8. The van der Waals surface area contributed by atoms with Crippen molar-refractivity contribution in [1.29, 1.82) is 0 Å². The fourth-order valence-corrected chi connectivity index (χ4v) is 1.86. The first kappa shape index (κ1) is 13.3. The average molecular weight is 259 g/mol. The van der Waals surface area contributed by atoms with Crippen molar-refractivity contribution in [2.24, 2.45) is 7.05 Å². The summed E-state index contributed by atoms with van der Waals surface area (Å²) in [5.74, 6) is -0.268. The van der Waals surface area contributed by atoms with Crippen LogP contribution in [0.1, 0.15) is 16.1 Å². The van der Waals surface area contributed by atoms with Gasteiger partial charge in [0.15, 0.2) is 0 Å². The zero-order chi connectivity index (χ0) is 13.7. The third kappa shape index (κ3) is 3.66. The minimum atomic E-state index is -0.308. The van der Waals surface area contributed by atoms with Gasteiger partial charge in [-0.2, -0.15) is 5.10 Å². The maximum atomic E-state index is 11.9. The number of nitrogens with zero attached hydrogens (tertiary/aromatic N) is 2. The van der Waals surface area contributed by atoms with Gasteiger partial charge >= 0.3 is 0 Å². The Morgan fingerprint density at radius 3 is 2.68 bits per heavy atom. The van der Waals surface area contributed by atoms with Crippen LogP contribution in [0.5, 0.6) is 0 Å². The Morgan fingerprint density at radius 2 is 2.11 bits per heavy atom. The summed E-state index contributed by atoms with van der Waals surface area (Å²) in [4.78, 5) is 11.9. The number of nitrogens with one attached hydrogen (secondary N) is 1. The molecule has 0 bridgehead atoms. The number of aliphatic hydroxyl groups is 1. The van der Waals surface area contributed by atoms with Crippen LogP contribution in [0.2, 0.25) is 0 Å². The highest BCUT2D eigenvalue weighted by molar-refractivity contribution is 5.92. The van der Waals surface area contributed by atoms with Gasteiger partial charge < -0.3 is 10.4 Å². The van der Waals surface area contributed by atoms with Crippen molar-refractivity contribution in [3.63, 3.8) is 0 Å². The van der Waals surface area contributed by atoms with E-state index in [1.807, 2.05) is 30.3 Å². The molecule has 1 amide bonds. The third-order valence-corrected chi connectivity index (χ3v) is 2.83. The molecule has 0 saturated heterocycles. The first-order chi connectivity index (χ1) is 9.19. The summed E-state index contributed by atoms with van der Waals surface area (Å²) in [7, 11) is 1.75. The Hall–Kier alpha value is -2.14. The van der Waals surface area contributed by atoms with E-state index in [9.17, 15) is 9.90 Å². The predicted octanol–water partition coefficient (Wildman–Crippen LogP) is 0.753. The minimum absolute atomic E-state index is 0.104. The number of hydrogen-bond donors (Lipinski definition) is 2. The van der Waals surface area contributed by atoms with Crippen LogP contribution in [0.3, 0.4) is 0 Å². The van der Waals surface area contributed by atoms with Crippen LogP contribution in [0.25, 0.3) is 0 Å². The van der Waals surface area contributed by atoms with Crippen molar-refractivity contribution >= 4 is 5.91 Å². The number of aromatic nitrogens is 2. The quantitative estimate of drug-likeness (QED) is 0.832. The summed E-state index contributed by atoms with van der Waals surface area (Å²) in [5, 5.41) is 16.2. The molecule has 1 heterocycles. The van der Waals surface area contributed by atoms with Gasteiger partial charge in [0.25, 0.3) is 5.91 Å². The van der Waals surface area contributed by atoms with Crippen LogP contribution in [0.4, 0.5) is 0 Å². The molecule has 0 aliphatic rings. The molecule has 1 aromatic carbocycles. The molecular weight excluding hydrogens is 242 g/mol. The van der Waals surface area contributed by atoms with Crippen molar-refractivity contribution in [2.45, 2.75) is 12.5 Å². The molecule has 0 aliphatic heterocycles. The van der Waals surface area contributed by atoms with Crippen molar-refractivity contribution in [2.75, 3.05) is 6.61 Å². The number of aliphatic hydroxyl groups excluding tert-OH is 1. The van der Waals surface area contributed by atoms with Gasteiger partial charge in [0, 0.05) is 13.2 Å². The third-order valence-electron chi connectivity index (χ3n) is 2.83. The van der Waals surface area contributed by atoms with Gasteiger partial charge in [-0.1, -0.05) is 30.3 Å². The molecule has 2 rings (SSSR count). The Morgan fingerprint density at radius 1 is 1.37 bits per heavy atom. The van der Waals surface area contributed by atoms with Crippen LogP contribution < -0.4 is 5.32 Å². The number of amides is 1. The van der Waals surface area contributed by atoms with Gasteiger partial charge in [0.1, 0.15) is 5.69 Å². The molecular formula is C14H17N3O2. The summed E-state index contributed by atoms with van der Waals surface area (Å²) < 4.78 is 1.57. The number of carbonyl (C=O) groups is 1. The monoisotopic (exact) mass is 259 g/mol. The van der Waals surface area contributed by atoms with E-state index in [2.05, 4.69) is 10.4 Å². The normalized spacial score (nSPS) is 12.1. The fraction of sp³-hybridized carbons (Fsp3) is 0.286. The molecule has 0 saturated carbocycles. The number of carbonyl (C=O) groups excluding carboxylic acids is 1. The average Bonchev–Trinajstić information content (AvgIpc) is 2.86. The van der Waals surface area contributed by atoms with Gasteiger partial charge in [-0.05, 0) is 18.1 Å². The predicted molar refractivity (Wildman–Crippen MR) is 71.7 cm³/mol. The molecule has 2 N–H and O–H groups in total. The highest BCUT2D eigenvalue weighted by Crippen LogP contribution is 2.04. The molecule has 2 aromatic rings. The Bertz CT molecular complexity index is 537. The van der Waals surface area contributed by atoms with Crippen molar-refractivity contribution in [3.8, 4) is 0 Å². The second-order valence-corrected chi connectivity index (χ2v) is 4.42. The number of benzene rings is 1. The summed E-state index contributed by atoms with van der Waals surface area (Å²) in [6, 6.07) is 11.1. The highest BCUT2D eigenvalue weighted by Gasteiger charge is 2.15. The maximum absolute atomic E-state index is 11.9. The van der Waals surface area contributed by atoms with Crippen LogP contribution in [-0.2, 0) is 13.5 Å². The van der Waals surface area contributed by atoms with E-state index in [4.69, 9.17) is 0 Å². The molecule has 0 aliphatic carbocycles. The largest absolute Gasteiger partial charge is 0.394 e. The molecule has 0 radical (unpaired) electrons. The standard InChI is InChI=1S/C14H17N3O2/c1-17-8-7-13(16-17)14(19)15-12(10-18)9-11-5-3-2-4-6-11/h2-8,12,18H,9-10H2,1H3,(H,15,19). The minimum Gasteiger partial charge on any atom is -0.394 e. The van der Waals surface area contributed by atoms with E-state index in [1.165, 1.54) is 0 Å². The fourth-order valence-electron chi connectivity index (χ4n) is 1.86. The van der Waals surface area contributed by atoms with Crippen molar-refractivity contribution in [3.05, 3.63) is 53.9 Å². The molecule has 19 heavy (non-hydrogen) atoms. The molecule has 5 nitrogen and oxygen atoms in total. The van der Waals surface area contributed by atoms with Crippen LogP contribution in [0, 0.1) is 0 Å². The summed E-state index contributed by atoms with van der Waals surface area (Å²) in [5.41, 5.74) is 1.43. The van der Waals surface area contributed by atoms with Gasteiger partial charge in [0.2, 0.25) is 0 Å². The summed E-state index contributed by atoms with van der Waals surface area (Å²) in [6.45, 7) is -0.104. The second kappa shape index (κ2) is 6.15. The number of rotatable bonds is 5. The van der Waals surface area contributed by atoms with Crippen LogP contribution >= 0.6 is 0 Å². The SMILES string of the molecule is Cn1ccc(C(=O)NC(CO)Cc2ccccc2)n1.